The molecule has 8 heteroatoms. The second kappa shape index (κ2) is 6.04. The Balaban J connectivity index is 2.33. The molecule has 124 valence electrons. The van der Waals surface area contributed by atoms with E-state index in [1.807, 2.05) is 18.4 Å². The highest BCUT2D eigenvalue weighted by atomic mass is 32.1. The molecule has 3 rings (SSSR count). The number of nitrogens with zero attached hydrogens (tertiary/aromatic N) is 3. The van der Waals surface area contributed by atoms with E-state index in [9.17, 15) is 14.5 Å². The normalized spacial score (nSPS) is 10.8. The standard InChI is InChI=1S/C16H14FN3O3S/c1-9-4-5-24-15(9)16-18-10(2)8-19(16)12-6-11(17)7-13(23-3)14(12)20(21)22/h4-8H,1-3H3. The first-order valence-electron chi connectivity index (χ1n) is 7.05. The molecular formula is C16H14FN3O3S. The minimum atomic E-state index is -0.618. The van der Waals surface area contributed by atoms with E-state index in [0.717, 1.165) is 22.6 Å². The first-order chi connectivity index (χ1) is 11.4. The van der Waals surface area contributed by atoms with Crippen LogP contribution in [0.3, 0.4) is 0 Å². The Morgan fingerprint density at radius 3 is 2.71 bits per heavy atom. The number of thiophene rings is 1. The second-order valence-electron chi connectivity index (χ2n) is 5.24. The summed E-state index contributed by atoms with van der Waals surface area (Å²) in [6, 6.07) is 4.06. The van der Waals surface area contributed by atoms with E-state index in [1.165, 1.54) is 23.0 Å². The molecule has 1 aromatic carbocycles. The van der Waals surface area contributed by atoms with Crippen LogP contribution in [-0.4, -0.2) is 21.6 Å². The maximum absolute atomic E-state index is 14.0. The van der Waals surface area contributed by atoms with Gasteiger partial charge in [0.25, 0.3) is 0 Å². The molecule has 0 fully saturated rings. The SMILES string of the molecule is COc1cc(F)cc(-n2cc(C)nc2-c2sccc2C)c1[N+](=O)[O-]. The molecule has 3 aromatic rings. The summed E-state index contributed by atoms with van der Waals surface area (Å²) >= 11 is 1.48. The number of rotatable bonds is 4. The van der Waals surface area contributed by atoms with Gasteiger partial charge in [0.15, 0.2) is 5.82 Å². The number of hydrogen-bond donors (Lipinski definition) is 0. The molecular weight excluding hydrogens is 333 g/mol. The van der Waals surface area contributed by atoms with E-state index in [1.54, 1.807) is 13.1 Å². The van der Waals surface area contributed by atoms with E-state index in [4.69, 9.17) is 4.74 Å². The highest BCUT2D eigenvalue weighted by Gasteiger charge is 2.26. The lowest BCUT2D eigenvalue weighted by Crippen LogP contribution is -2.04. The number of benzene rings is 1. The Morgan fingerprint density at radius 1 is 1.38 bits per heavy atom. The van der Waals surface area contributed by atoms with Crippen LogP contribution in [0, 0.1) is 29.8 Å². The van der Waals surface area contributed by atoms with Crippen LogP contribution in [0.25, 0.3) is 16.4 Å². The zero-order valence-corrected chi connectivity index (χ0v) is 14.1. The van der Waals surface area contributed by atoms with Crippen LogP contribution in [0.4, 0.5) is 10.1 Å². The van der Waals surface area contributed by atoms with E-state index < -0.39 is 10.7 Å². The van der Waals surface area contributed by atoms with Crippen molar-refractivity contribution in [1.82, 2.24) is 9.55 Å². The number of halogens is 1. The number of nitro benzene ring substituents is 1. The van der Waals surface area contributed by atoms with Gasteiger partial charge in [-0.25, -0.2) is 9.37 Å². The summed E-state index contributed by atoms with van der Waals surface area (Å²) < 4.78 is 20.5. The average Bonchev–Trinajstić information content (AvgIpc) is 3.11. The number of aryl methyl sites for hydroxylation is 2. The topological polar surface area (TPSA) is 70.2 Å². The van der Waals surface area contributed by atoms with Gasteiger partial charge in [0.1, 0.15) is 11.5 Å². The van der Waals surface area contributed by atoms with E-state index in [2.05, 4.69) is 4.98 Å². The molecule has 2 aromatic heterocycles. The lowest BCUT2D eigenvalue weighted by atomic mass is 10.2. The van der Waals surface area contributed by atoms with E-state index in [0.29, 0.717) is 11.5 Å². The maximum atomic E-state index is 14.0. The first-order valence-corrected chi connectivity index (χ1v) is 7.93. The average molecular weight is 347 g/mol. The molecule has 0 aliphatic heterocycles. The summed E-state index contributed by atoms with van der Waals surface area (Å²) in [6.45, 7) is 3.71. The molecule has 0 unspecified atom stereocenters. The summed E-state index contributed by atoms with van der Waals surface area (Å²) in [5.74, 6) is -0.210. The minimum Gasteiger partial charge on any atom is -0.490 e. The summed E-state index contributed by atoms with van der Waals surface area (Å²) in [6.07, 6.45) is 1.65. The number of imidazole rings is 1. The van der Waals surface area contributed by atoms with Crippen LogP contribution in [-0.2, 0) is 0 Å². The van der Waals surface area contributed by atoms with Gasteiger partial charge in [-0.1, -0.05) is 0 Å². The molecule has 0 amide bonds. The number of aromatic nitrogens is 2. The van der Waals surface area contributed by atoms with Crippen LogP contribution in [0.1, 0.15) is 11.3 Å². The van der Waals surface area contributed by atoms with Crippen molar-refractivity contribution < 1.29 is 14.1 Å². The van der Waals surface area contributed by atoms with Crippen molar-refractivity contribution in [2.24, 2.45) is 0 Å². The zero-order valence-electron chi connectivity index (χ0n) is 13.2. The molecule has 24 heavy (non-hydrogen) atoms. The number of nitro groups is 1. The van der Waals surface area contributed by atoms with Crippen LogP contribution in [0.2, 0.25) is 0 Å². The molecule has 0 radical (unpaired) electrons. The smallest absolute Gasteiger partial charge is 0.334 e. The quantitative estimate of drug-likeness (QED) is 0.522. The summed E-state index contributed by atoms with van der Waals surface area (Å²) in [5.41, 5.74) is 1.46. The van der Waals surface area contributed by atoms with Crippen molar-refractivity contribution in [2.75, 3.05) is 7.11 Å². The molecule has 0 bridgehead atoms. The number of hydrogen-bond acceptors (Lipinski definition) is 5. The first kappa shape index (κ1) is 16.1. The number of methoxy groups -OCH3 is 1. The molecule has 0 atom stereocenters. The van der Waals surface area contributed by atoms with Crippen molar-refractivity contribution in [3.8, 4) is 22.1 Å². The third-order valence-electron chi connectivity index (χ3n) is 3.57. The molecule has 0 N–H and O–H groups in total. The summed E-state index contributed by atoms with van der Waals surface area (Å²) in [4.78, 5) is 16.3. The van der Waals surface area contributed by atoms with Crippen molar-refractivity contribution in [2.45, 2.75) is 13.8 Å². The van der Waals surface area contributed by atoms with E-state index >= 15 is 0 Å². The van der Waals surface area contributed by atoms with E-state index in [-0.39, 0.29) is 17.1 Å². The highest BCUT2D eigenvalue weighted by Crippen LogP contribution is 2.38. The monoisotopic (exact) mass is 347 g/mol. The van der Waals surface area contributed by atoms with Crippen molar-refractivity contribution >= 4 is 17.0 Å². The molecule has 6 nitrogen and oxygen atoms in total. The summed E-state index contributed by atoms with van der Waals surface area (Å²) in [7, 11) is 1.27. The van der Waals surface area contributed by atoms with Gasteiger partial charge in [-0.3, -0.25) is 14.7 Å². The molecule has 0 aliphatic rings. The third-order valence-corrected chi connectivity index (χ3v) is 4.59. The highest BCUT2D eigenvalue weighted by molar-refractivity contribution is 7.13. The fourth-order valence-electron chi connectivity index (χ4n) is 2.53. The Kier molecular flexibility index (Phi) is 4.06. The van der Waals surface area contributed by atoms with Crippen LogP contribution in [0.5, 0.6) is 5.75 Å². The molecule has 0 saturated carbocycles. The van der Waals surface area contributed by atoms with Gasteiger partial charge in [0, 0.05) is 18.3 Å². The minimum absolute atomic E-state index is 0.0836. The van der Waals surface area contributed by atoms with Crippen LogP contribution >= 0.6 is 11.3 Å². The predicted octanol–water partition coefficient (Wildman–Crippen LogP) is 4.27. The Hall–Kier alpha value is -2.74. The van der Waals surface area contributed by atoms with Gasteiger partial charge in [-0.05, 0) is 30.9 Å². The van der Waals surface area contributed by atoms with Crippen LogP contribution in [0.15, 0.2) is 29.8 Å². The van der Waals surface area contributed by atoms with Gasteiger partial charge in [0.05, 0.1) is 22.6 Å². The van der Waals surface area contributed by atoms with Gasteiger partial charge in [0.2, 0.25) is 5.75 Å². The van der Waals surface area contributed by atoms with Gasteiger partial charge < -0.3 is 4.74 Å². The molecule has 0 aliphatic carbocycles. The molecule has 0 saturated heterocycles. The fourth-order valence-corrected chi connectivity index (χ4v) is 3.44. The molecule has 0 spiro atoms. The predicted molar refractivity (Wildman–Crippen MR) is 89.5 cm³/mol. The Labute approximate surface area is 141 Å². The van der Waals surface area contributed by atoms with Crippen molar-refractivity contribution in [3.63, 3.8) is 0 Å². The molecule has 2 heterocycles. The van der Waals surface area contributed by atoms with Gasteiger partial charge >= 0.3 is 5.69 Å². The lowest BCUT2D eigenvalue weighted by Gasteiger charge is -2.11. The third kappa shape index (κ3) is 2.65. The fraction of sp³-hybridized carbons (Fsp3) is 0.188. The number of ether oxygens (including phenoxy) is 1. The largest absolute Gasteiger partial charge is 0.490 e. The van der Waals surface area contributed by atoms with Crippen LogP contribution < -0.4 is 4.74 Å². The lowest BCUT2D eigenvalue weighted by molar-refractivity contribution is -0.385. The van der Waals surface area contributed by atoms with Gasteiger partial charge in [-0.2, -0.15) is 0 Å². The van der Waals surface area contributed by atoms with Gasteiger partial charge in [-0.15, -0.1) is 11.3 Å². The zero-order chi connectivity index (χ0) is 17.4. The summed E-state index contributed by atoms with van der Waals surface area (Å²) in [5, 5.41) is 13.4. The second-order valence-corrected chi connectivity index (χ2v) is 6.16. The van der Waals surface area contributed by atoms with Crippen molar-refractivity contribution in [1.29, 1.82) is 0 Å². The Bertz CT molecular complexity index is 933. The van der Waals surface area contributed by atoms with Crippen molar-refractivity contribution in [3.05, 3.63) is 57.0 Å². The Morgan fingerprint density at radius 2 is 2.12 bits per heavy atom. The maximum Gasteiger partial charge on any atom is 0.334 e.